The van der Waals surface area contributed by atoms with Crippen molar-refractivity contribution < 1.29 is 33.1 Å². The van der Waals surface area contributed by atoms with Gasteiger partial charge in [-0.15, -0.1) is 0 Å². The molecule has 2 aromatic carbocycles. The summed E-state index contributed by atoms with van der Waals surface area (Å²) < 4.78 is 12.2. The molecule has 0 bridgehead atoms. The fraction of sp³-hybridized carbons (Fsp3) is 0.480. The van der Waals surface area contributed by atoms with E-state index in [0.717, 1.165) is 27.7 Å². The van der Waals surface area contributed by atoms with E-state index in [1.807, 2.05) is 73.6 Å². The molecule has 0 amide bonds. The number of aryl methyl sites for hydroxylation is 2. The molecule has 2 aromatic rings. The first kappa shape index (κ1) is 26.8. The molecule has 1 atom stereocenters. The van der Waals surface area contributed by atoms with Crippen LogP contribution in [0.2, 0.25) is 0 Å². The number of ether oxygens (including phenoxy) is 2. The maximum absolute atomic E-state index is 13.3. The summed E-state index contributed by atoms with van der Waals surface area (Å²) in [5.41, 5.74) is 4.83. The molecule has 0 saturated heterocycles. The van der Waals surface area contributed by atoms with Crippen LogP contribution in [0.15, 0.2) is 24.3 Å². The van der Waals surface area contributed by atoms with E-state index in [1.165, 1.54) is 11.1 Å². The normalized spacial score (nSPS) is 12.1. The average molecular weight is 421 g/mol. The molecule has 0 spiro atoms. The van der Waals surface area contributed by atoms with E-state index in [0.29, 0.717) is 5.75 Å². The van der Waals surface area contributed by atoms with Crippen molar-refractivity contribution in [2.24, 2.45) is 0 Å². The molecular formula is C25H35LiO3P+. The number of rotatable bonds is 5. The van der Waals surface area contributed by atoms with Gasteiger partial charge in [-0.25, -0.2) is 0 Å². The van der Waals surface area contributed by atoms with E-state index >= 15 is 0 Å². The van der Waals surface area contributed by atoms with Crippen molar-refractivity contribution in [1.82, 2.24) is 0 Å². The molecule has 0 N–H and O–H groups in total. The first-order valence-corrected chi connectivity index (χ1v) is 11.1. The first-order valence-electron chi connectivity index (χ1n) is 10.1. The molecular weight excluding hydrogens is 386 g/mol. The number of hydrogen-bond acceptors (Lipinski definition) is 3. The molecule has 0 aromatic heterocycles. The predicted octanol–water partition coefficient (Wildman–Crippen LogP) is 3.42. The molecule has 0 aliphatic carbocycles. The van der Waals surface area contributed by atoms with Gasteiger partial charge in [0.25, 0.3) is 0 Å². The molecule has 30 heavy (non-hydrogen) atoms. The van der Waals surface area contributed by atoms with Crippen LogP contribution in [0.3, 0.4) is 0 Å². The SMILES string of the molecule is Cc1cc(C)c(C(=O)Pc2ccc(OC(C)(C)C)cc2OC(C)(C)C)c(C)c1C.[Li+]. The van der Waals surface area contributed by atoms with E-state index in [2.05, 4.69) is 19.9 Å². The average Bonchev–Trinajstić information content (AvgIpc) is 2.52. The standard InChI is InChI=1S/C25H35O3P.Li/c1-15-13-16(2)22(18(4)17(15)3)23(26)29-21-12-11-19(27-24(5,6)7)14-20(21)28-25(8,9)10;/h11-14,29H,1-10H3;/q;+1. The number of carbonyl (C=O) groups is 1. The summed E-state index contributed by atoms with van der Waals surface area (Å²) >= 11 is 0. The molecule has 0 heterocycles. The van der Waals surface area contributed by atoms with Gasteiger partial charge in [-0.05, 0) is 112 Å². The van der Waals surface area contributed by atoms with Gasteiger partial charge in [-0.2, -0.15) is 0 Å². The van der Waals surface area contributed by atoms with Crippen LogP contribution in [0.5, 0.6) is 11.5 Å². The summed E-state index contributed by atoms with van der Waals surface area (Å²) in [5, 5.41) is 0.906. The van der Waals surface area contributed by atoms with Crippen LogP contribution < -0.4 is 33.6 Å². The Morgan fingerprint density at radius 1 is 0.800 bits per heavy atom. The molecule has 5 heteroatoms. The second-order valence-electron chi connectivity index (χ2n) is 9.68. The monoisotopic (exact) mass is 421 g/mol. The first-order chi connectivity index (χ1) is 13.2. The zero-order valence-corrected chi connectivity index (χ0v) is 21.5. The van der Waals surface area contributed by atoms with Crippen LogP contribution in [0.25, 0.3) is 0 Å². The van der Waals surface area contributed by atoms with E-state index in [9.17, 15) is 4.79 Å². The Balaban J connectivity index is 0.00000450. The van der Waals surface area contributed by atoms with Gasteiger partial charge in [0, 0.05) is 16.9 Å². The quantitative estimate of drug-likeness (QED) is 0.548. The minimum atomic E-state index is -0.366. The molecule has 2 rings (SSSR count). The van der Waals surface area contributed by atoms with Crippen molar-refractivity contribution in [3.63, 3.8) is 0 Å². The van der Waals surface area contributed by atoms with Crippen LogP contribution in [0, 0.1) is 27.7 Å². The summed E-state index contributed by atoms with van der Waals surface area (Å²) in [4.78, 5) is 13.3. The summed E-state index contributed by atoms with van der Waals surface area (Å²) in [6.07, 6.45) is 0. The minimum absolute atomic E-state index is 0. The third-order valence-corrected chi connectivity index (χ3v) is 5.78. The maximum atomic E-state index is 13.3. The second-order valence-corrected chi connectivity index (χ2v) is 10.9. The van der Waals surface area contributed by atoms with Crippen molar-refractivity contribution in [1.29, 1.82) is 0 Å². The molecule has 0 aliphatic rings. The van der Waals surface area contributed by atoms with Crippen molar-refractivity contribution >= 4 is 19.4 Å². The number of hydrogen-bond donors (Lipinski definition) is 0. The van der Waals surface area contributed by atoms with Gasteiger partial charge in [0.2, 0.25) is 0 Å². The van der Waals surface area contributed by atoms with Crippen molar-refractivity contribution in [2.45, 2.75) is 80.4 Å². The molecule has 1 unspecified atom stereocenters. The molecule has 0 saturated carbocycles. The van der Waals surface area contributed by atoms with Crippen LogP contribution in [0.4, 0.5) is 0 Å². The molecule has 158 valence electrons. The Morgan fingerprint density at radius 3 is 1.90 bits per heavy atom. The van der Waals surface area contributed by atoms with Gasteiger partial charge < -0.3 is 9.47 Å². The van der Waals surface area contributed by atoms with Gasteiger partial charge in [0.1, 0.15) is 22.7 Å². The minimum Gasteiger partial charge on any atom is -0.488 e. The Labute approximate surface area is 196 Å². The summed E-state index contributed by atoms with van der Waals surface area (Å²) in [6.45, 7) is 20.3. The van der Waals surface area contributed by atoms with Gasteiger partial charge in [0.15, 0.2) is 5.52 Å². The molecule has 0 radical (unpaired) electrons. The van der Waals surface area contributed by atoms with Crippen LogP contribution in [-0.2, 0) is 0 Å². The van der Waals surface area contributed by atoms with Gasteiger partial charge in [-0.1, -0.05) is 6.07 Å². The summed E-state index contributed by atoms with van der Waals surface area (Å²) in [6, 6.07) is 7.90. The van der Waals surface area contributed by atoms with Crippen LogP contribution in [-0.4, -0.2) is 16.7 Å². The van der Waals surface area contributed by atoms with Crippen molar-refractivity contribution in [3.05, 3.63) is 52.1 Å². The Hall–Kier alpha value is -1.26. The summed E-state index contributed by atoms with van der Waals surface area (Å²) in [5.74, 6) is 1.46. The Bertz CT molecular complexity index is 921. The predicted molar refractivity (Wildman–Crippen MR) is 125 cm³/mol. The zero-order chi connectivity index (χ0) is 22.1. The van der Waals surface area contributed by atoms with Gasteiger partial charge in [-0.3, -0.25) is 4.79 Å². The van der Waals surface area contributed by atoms with E-state index in [4.69, 9.17) is 9.47 Å². The smallest absolute Gasteiger partial charge is 0.488 e. The fourth-order valence-corrected chi connectivity index (χ4v) is 4.42. The second kappa shape index (κ2) is 9.91. The molecule has 3 nitrogen and oxygen atoms in total. The van der Waals surface area contributed by atoms with Crippen molar-refractivity contribution in [3.8, 4) is 11.5 Å². The van der Waals surface area contributed by atoms with E-state index < -0.39 is 0 Å². The fourth-order valence-electron chi connectivity index (χ4n) is 3.26. The van der Waals surface area contributed by atoms with E-state index in [-0.39, 0.29) is 44.2 Å². The third kappa shape index (κ3) is 7.16. The topological polar surface area (TPSA) is 35.5 Å². The molecule has 0 aliphatic heterocycles. The van der Waals surface area contributed by atoms with Crippen molar-refractivity contribution in [2.75, 3.05) is 0 Å². The maximum Gasteiger partial charge on any atom is 1.00 e. The Kier molecular flexibility index (Phi) is 8.84. The van der Waals surface area contributed by atoms with Crippen LogP contribution in [0.1, 0.15) is 74.2 Å². The Morgan fingerprint density at radius 2 is 1.37 bits per heavy atom. The van der Waals surface area contributed by atoms with Crippen LogP contribution >= 0.6 is 8.58 Å². The number of carbonyl (C=O) groups excluding carboxylic acids is 1. The molecule has 0 fully saturated rings. The number of benzene rings is 2. The summed E-state index contributed by atoms with van der Waals surface area (Å²) in [7, 11) is -0.00868. The third-order valence-electron chi connectivity index (χ3n) is 4.62. The largest absolute Gasteiger partial charge is 1.00 e. The van der Waals surface area contributed by atoms with Gasteiger partial charge in [0.05, 0.1) is 0 Å². The zero-order valence-electron chi connectivity index (χ0n) is 20.5. The van der Waals surface area contributed by atoms with Gasteiger partial charge >= 0.3 is 18.9 Å². The van der Waals surface area contributed by atoms with E-state index in [1.54, 1.807) is 0 Å².